The Morgan fingerprint density at radius 3 is 3.00 bits per heavy atom. The summed E-state index contributed by atoms with van der Waals surface area (Å²) in [5.41, 5.74) is 0. The van der Waals surface area contributed by atoms with Gasteiger partial charge in [0, 0.05) is 0 Å². The minimum absolute atomic E-state index is 0.503. The molecule has 8 heavy (non-hydrogen) atoms. The zero-order valence-electron chi connectivity index (χ0n) is 4.24. The number of aldehydes is 1. The fourth-order valence-corrected chi connectivity index (χ4v) is 1.04. The molecule has 2 nitrogen and oxygen atoms in total. The summed E-state index contributed by atoms with van der Waals surface area (Å²) < 4.78 is 9.68. The van der Waals surface area contributed by atoms with Crippen LogP contribution in [0.4, 0.5) is 0 Å². The summed E-state index contributed by atoms with van der Waals surface area (Å²) in [6.45, 7) is 1.78. The molecule has 0 aromatic rings. The zero-order chi connectivity index (χ0) is 6.24. The third kappa shape index (κ3) is 6.05. The predicted octanol–water partition coefficient (Wildman–Crippen LogP) is 0.687. The lowest BCUT2D eigenvalue weighted by Gasteiger charge is -1.76. The first-order valence-electron chi connectivity index (χ1n) is 2.16. The van der Waals surface area contributed by atoms with E-state index in [2.05, 4.69) is 0 Å². The number of hydrogen-bond acceptors (Lipinski definition) is 2. The minimum Gasteiger partial charge on any atom is -0.303 e. The first-order valence-corrected chi connectivity index (χ1v) is 4.47. The standard InChI is InChI=1S/C3H5BO2PS/c5-3-1-2-4-7-8-6/h3H,1-2H2. The van der Waals surface area contributed by atoms with Crippen molar-refractivity contribution in [3.63, 3.8) is 0 Å². The molecule has 5 heteroatoms. The van der Waals surface area contributed by atoms with Gasteiger partial charge >= 0.3 is 0 Å². The lowest BCUT2D eigenvalue weighted by atomic mass is 10.0. The van der Waals surface area contributed by atoms with E-state index in [0.717, 1.165) is 12.6 Å². The van der Waals surface area contributed by atoms with Gasteiger partial charge in [0.15, 0.2) is 0 Å². The molecule has 0 heterocycles. The van der Waals surface area contributed by atoms with Gasteiger partial charge in [-0.25, -0.2) is 4.21 Å². The quantitative estimate of drug-likeness (QED) is 0.253. The van der Waals surface area contributed by atoms with E-state index in [1.807, 2.05) is 0 Å². The van der Waals surface area contributed by atoms with Crippen LogP contribution in [-0.2, 0) is 15.6 Å². The van der Waals surface area contributed by atoms with Crippen molar-refractivity contribution in [1.29, 1.82) is 0 Å². The van der Waals surface area contributed by atoms with Gasteiger partial charge in [-0.2, -0.15) is 0 Å². The highest BCUT2D eigenvalue weighted by Crippen LogP contribution is 1.94. The van der Waals surface area contributed by atoms with E-state index in [9.17, 15) is 9.00 Å². The molecule has 0 aliphatic rings. The van der Waals surface area contributed by atoms with Crippen molar-refractivity contribution in [3.8, 4) is 0 Å². The summed E-state index contributed by atoms with van der Waals surface area (Å²) in [6.07, 6.45) is 2.11. The molecule has 0 atom stereocenters. The zero-order valence-corrected chi connectivity index (χ0v) is 5.95. The molecule has 0 aliphatic carbocycles. The largest absolute Gasteiger partial charge is 0.303 e. The fraction of sp³-hybridized carbons (Fsp3) is 0.667. The fourth-order valence-electron chi connectivity index (χ4n) is 0.226. The Kier molecular flexibility index (Phi) is 7.10. The molecular weight excluding hydrogens is 142 g/mol. The highest BCUT2D eigenvalue weighted by atomic mass is 32.4. The molecule has 0 aromatic heterocycles. The second kappa shape index (κ2) is 7.05. The van der Waals surface area contributed by atoms with Gasteiger partial charge in [-0.15, -0.1) is 0 Å². The average Bonchev–Trinajstić information content (AvgIpc) is 1.81. The highest BCUT2D eigenvalue weighted by Gasteiger charge is 1.83. The molecule has 0 aliphatic heterocycles. The molecule has 0 saturated carbocycles. The van der Waals surface area contributed by atoms with Gasteiger partial charge in [-0.05, 0) is 6.42 Å². The summed E-state index contributed by atoms with van der Waals surface area (Å²) in [5.74, 6) is 0. The van der Waals surface area contributed by atoms with Crippen molar-refractivity contribution in [2.24, 2.45) is 0 Å². The van der Waals surface area contributed by atoms with E-state index >= 15 is 0 Å². The van der Waals surface area contributed by atoms with Gasteiger partial charge < -0.3 is 4.79 Å². The second-order valence-electron chi connectivity index (χ2n) is 1.11. The lowest BCUT2D eigenvalue weighted by molar-refractivity contribution is -0.107. The Bertz CT molecular complexity index is 112. The van der Waals surface area contributed by atoms with E-state index < -0.39 is 0 Å². The van der Waals surface area contributed by atoms with E-state index in [0.29, 0.717) is 24.5 Å². The number of hydrogen-bond donors (Lipinski definition) is 0. The molecule has 1 radical (unpaired) electrons. The van der Waals surface area contributed by atoms with Crippen LogP contribution < -0.4 is 0 Å². The smallest absolute Gasteiger partial charge is 0.202 e. The topological polar surface area (TPSA) is 34.1 Å². The lowest BCUT2D eigenvalue weighted by Crippen LogP contribution is -1.77. The van der Waals surface area contributed by atoms with Crippen LogP contribution in [0.15, 0.2) is 0 Å². The number of carbonyl (C=O) groups excluding carboxylic acids is 1. The van der Waals surface area contributed by atoms with Gasteiger partial charge in [-0.1, -0.05) is 13.6 Å². The van der Waals surface area contributed by atoms with Crippen LogP contribution in [-0.4, -0.2) is 17.5 Å². The Morgan fingerprint density at radius 1 is 1.75 bits per heavy atom. The third-order valence-electron chi connectivity index (χ3n) is 0.531. The molecule has 0 aromatic carbocycles. The predicted molar refractivity (Wildman–Crippen MR) is 36.3 cm³/mol. The molecule has 0 unspecified atom stereocenters. The van der Waals surface area contributed by atoms with Crippen LogP contribution in [0, 0.1) is 0 Å². The maximum Gasteiger partial charge on any atom is 0.202 e. The summed E-state index contributed by atoms with van der Waals surface area (Å²) in [5, 5.41) is 0. The summed E-state index contributed by atoms with van der Waals surface area (Å²) in [4.78, 5) is 9.66. The van der Waals surface area contributed by atoms with Crippen molar-refractivity contribution < 1.29 is 9.00 Å². The van der Waals surface area contributed by atoms with Gasteiger partial charge in [-0.3, -0.25) is 0 Å². The van der Waals surface area contributed by atoms with Crippen LogP contribution in [0.1, 0.15) is 6.42 Å². The first-order chi connectivity index (χ1) is 3.91. The summed E-state index contributed by atoms with van der Waals surface area (Å²) in [6, 6.07) is 0. The van der Waals surface area contributed by atoms with E-state index in [1.165, 1.54) is 0 Å². The maximum atomic E-state index is 9.68. The Morgan fingerprint density at radius 2 is 2.50 bits per heavy atom. The Hall–Kier alpha value is 0.0549. The number of carbonyl (C=O) groups is 1. The molecule has 43 valence electrons. The molecule has 0 spiro atoms. The SMILES string of the molecule is O=CCC[B]P=S=O. The molecular formula is C3H5BO2PS. The van der Waals surface area contributed by atoms with Crippen molar-refractivity contribution in [2.45, 2.75) is 12.7 Å². The van der Waals surface area contributed by atoms with Crippen LogP contribution in [0.25, 0.3) is 0 Å². The van der Waals surface area contributed by atoms with Crippen LogP contribution >= 0.6 is 7.23 Å². The minimum atomic E-state index is 0.503. The van der Waals surface area contributed by atoms with Gasteiger partial charge in [0.25, 0.3) is 0 Å². The summed E-state index contributed by atoms with van der Waals surface area (Å²) >= 11 is 0. The van der Waals surface area contributed by atoms with Gasteiger partial charge in [0.05, 0.1) is 0 Å². The molecule has 0 rings (SSSR count). The average molecular weight is 147 g/mol. The maximum absolute atomic E-state index is 9.68. The molecule has 0 N–H and O–H groups in total. The second-order valence-corrected chi connectivity index (χ2v) is 2.91. The van der Waals surface area contributed by atoms with Crippen molar-refractivity contribution in [3.05, 3.63) is 0 Å². The van der Waals surface area contributed by atoms with E-state index in [1.54, 1.807) is 7.00 Å². The van der Waals surface area contributed by atoms with Crippen LogP contribution in [0.2, 0.25) is 6.32 Å². The van der Waals surface area contributed by atoms with Crippen LogP contribution in [0.3, 0.4) is 0 Å². The molecule has 0 bridgehead atoms. The van der Waals surface area contributed by atoms with Crippen molar-refractivity contribution in [1.82, 2.24) is 0 Å². The third-order valence-corrected chi connectivity index (χ3v) is 1.73. The highest BCUT2D eigenvalue weighted by molar-refractivity contribution is 8.12. The normalized spacial score (nSPS) is 8.50. The monoisotopic (exact) mass is 147 g/mol. The van der Waals surface area contributed by atoms with Gasteiger partial charge in [0.1, 0.15) is 17.1 Å². The molecule has 0 amide bonds. The van der Waals surface area contributed by atoms with Crippen LogP contribution in [0.5, 0.6) is 0 Å². The van der Waals surface area contributed by atoms with E-state index in [4.69, 9.17) is 0 Å². The Balaban J connectivity index is 2.93. The Labute approximate surface area is 53.8 Å². The van der Waals surface area contributed by atoms with Gasteiger partial charge in [0.2, 0.25) is 7.00 Å². The van der Waals surface area contributed by atoms with Crippen molar-refractivity contribution in [2.75, 3.05) is 0 Å². The first kappa shape index (κ1) is 8.05. The molecule has 0 saturated heterocycles. The summed E-state index contributed by atoms with van der Waals surface area (Å²) in [7, 11) is 1.22. The molecule has 0 fully saturated rings. The van der Waals surface area contributed by atoms with Crippen molar-refractivity contribution >= 4 is 31.4 Å². The number of rotatable bonds is 4. The van der Waals surface area contributed by atoms with E-state index in [-0.39, 0.29) is 0 Å².